The van der Waals surface area contributed by atoms with Crippen LogP contribution in [-0.2, 0) is 4.74 Å². The van der Waals surface area contributed by atoms with Crippen molar-refractivity contribution in [1.29, 1.82) is 0 Å². The van der Waals surface area contributed by atoms with Crippen LogP contribution >= 0.6 is 0 Å². The molecule has 1 aromatic rings. The van der Waals surface area contributed by atoms with Crippen molar-refractivity contribution in [2.75, 3.05) is 6.61 Å². The minimum absolute atomic E-state index is 0.270. The molecule has 0 aliphatic heterocycles. The molecule has 0 spiro atoms. The lowest BCUT2D eigenvalue weighted by Crippen LogP contribution is -2.07. The van der Waals surface area contributed by atoms with Crippen LogP contribution in [0, 0.1) is 0 Å². The predicted molar refractivity (Wildman–Crippen MR) is 50.9 cm³/mol. The average molecular weight is 199 g/mol. The van der Waals surface area contributed by atoms with Crippen molar-refractivity contribution >= 4 is 5.97 Å². The second kappa shape index (κ2) is 5.42. The van der Waals surface area contributed by atoms with Gasteiger partial charge in [-0.15, -0.1) is 0 Å². The molecule has 0 radical (unpaired) electrons. The molecule has 0 bridgehead atoms. The van der Waals surface area contributed by atoms with Gasteiger partial charge in [0.25, 0.3) is 0 Å². The Bertz CT molecular complexity index is 270. The molecular formula is C10H14FNO2. The minimum atomic E-state index is -0.834. The number of H-pyrrole nitrogens is 1. The Balaban J connectivity index is 2.16. The summed E-state index contributed by atoms with van der Waals surface area (Å²) in [6.07, 6.45) is 1.81. The maximum absolute atomic E-state index is 12.4. The molecule has 1 N–H and O–H groups in total. The largest absolute Gasteiger partial charge is 0.461 e. The van der Waals surface area contributed by atoms with E-state index in [1.54, 1.807) is 18.3 Å². The Kier molecular flexibility index (Phi) is 4.16. The molecule has 0 aliphatic rings. The van der Waals surface area contributed by atoms with Crippen molar-refractivity contribution in [2.24, 2.45) is 0 Å². The summed E-state index contributed by atoms with van der Waals surface area (Å²) in [4.78, 5) is 13.9. The first kappa shape index (κ1) is 10.8. The van der Waals surface area contributed by atoms with Gasteiger partial charge < -0.3 is 9.72 Å². The molecule has 1 unspecified atom stereocenters. The topological polar surface area (TPSA) is 42.1 Å². The molecule has 0 saturated heterocycles. The van der Waals surface area contributed by atoms with E-state index in [4.69, 9.17) is 4.74 Å². The first-order valence-corrected chi connectivity index (χ1v) is 4.64. The smallest absolute Gasteiger partial charge is 0.354 e. The number of aromatic nitrogens is 1. The average Bonchev–Trinajstić information content (AvgIpc) is 2.64. The Morgan fingerprint density at radius 2 is 2.50 bits per heavy atom. The lowest BCUT2D eigenvalue weighted by Gasteiger charge is -2.03. The molecule has 0 fully saturated rings. The first-order chi connectivity index (χ1) is 6.70. The quantitative estimate of drug-likeness (QED) is 0.584. The molecule has 4 heteroatoms. The van der Waals surface area contributed by atoms with Gasteiger partial charge in [0.2, 0.25) is 0 Å². The van der Waals surface area contributed by atoms with Crippen LogP contribution in [0.15, 0.2) is 18.3 Å². The summed E-state index contributed by atoms with van der Waals surface area (Å²) >= 11 is 0. The van der Waals surface area contributed by atoms with Crippen LogP contribution < -0.4 is 0 Å². The maximum atomic E-state index is 12.4. The molecule has 0 amide bonds. The molecule has 1 aromatic heterocycles. The molecule has 3 nitrogen and oxygen atoms in total. The lowest BCUT2D eigenvalue weighted by molar-refractivity contribution is 0.0485. The Labute approximate surface area is 82.3 Å². The summed E-state index contributed by atoms with van der Waals surface area (Å²) in [7, 11) is 0. The van der Waals surface area contributed by atoms with Gasteiger partial charge in [0.15, 0.2) is 0 Å². The summed E-state index contributed by atoms with van der Waals surface area (Å²) in [5, 5.41) is 0. The number of ether oxygens (including phenoxy) is 1. The van der Waals surface area contributed by atoms with Gasteiger partial charge in [-0.2, -0.15) is 0 Å². The number of hydrogen-bond donors (Lipinski definition) is 1. The molecule has 1 rings (SSSR count). The van der Waals surface area contributed by atoms with Crippen LogP contribution in [0.2, 0.25) is 0 Å². The van der Waals surface area contributed by atoms with E-state index in [0.29, 0.717) is 18.5 Å². The summed E-state index contributed by atoms with van der Waals surface area (Å²) in [5.74, 6) is -0.387. The third-order valence-electron chi connectivity index (χ3n) is 1.80. The second-order valence-electron chi connectivity index (χ2n) is 3.14. The summed E-state index contributed by atoms with van der Waals surface area (Å²) in [6.45, 7) is 1.76. The highest BCUT2D eigenvalue weighted by Gasteiger charge is 2.06. The van der Waals surface area contributed by atoms with Crippen LogP contribution in [0.3, 0.4) is 0 Å². The van der Waals surface area contributed by atoms with E-state index in [-0.39, 0.29) is 12.6 Å². The van der Waals surface area contributed by atoms with Crippen molar-refractivity contribution in [3.8, 4) is 0 Å². The van der Waals surface area contributed by atoms with Crippen molar-refractivity contribution in [2.45, 2.75) is 25.9 Å². The number of nitrogens with one attached hydrogen (secondary N) is 1. The predicted octanol–water partition coefficient (Wildman–Crippen LogP) is 2.31. The Hall–Kier alpha value is -1.32. The SMILES string of the molecule is CC(F)CCCOC(=O)c1ccc[nH]1. The lowest BCUT2D eigenvalue weighted by atomic mass is 10.2. The highest BCUT2D eigenvalue weighted by Crippen LogP contribution is 2.02. The van der Waals surface area contributed by atoms with Gasteiger partial charge in [-0.3, -0.25) is 0 Å². The molecule has 0 aliphatic carbocycles. The van der Waals surface area contributed by atoms with Gasteiger partial charge in [-0.1, -0.05) is 0 Å². The number of esters is 1. The monoisotopic (exact) mass is 199 g/mol. The molecule has 78 valence electrons. The van der Waals surface area contributed by atoms with Gasteiger partial charge in [-0.25, -0.2) is 9.18 Å². The van der Waals surface area contributed by atoms with Gasteiger partial charge in [0.05, 0.1) is 12.8 Å². The van der Waals surface area contributed by atoms with E-state index in [0.717, 1.165) is 0 Å². The van der Waals surface area contributed by atoms with Crippen LogP contribution in [-0.4, -0.2) is 23.7 Å². The summed E-state index contributed by atoms with van der Waals surface area (Å²) in [6, 6.07) is 3.36. The van der Waals surface area contributed by atoms with Crippen molar-refractivity contribution in [3.63, 3.8) is 0 Å². The Morgan fingerprint density at radius 1 is 1.71 bits per heavy atom. The zero-order chi connectivity index (χ0) is 10.4. The highest BCUT2D eigenvalue weighted by atomic mass is 19.1. The number of aromatic amines is 1. The molecular weight excluding hydrogens is 185 g/mol. The summed E-state index contributed by atoms with van der Waals surface area (Å²) < 4.78 is 17.3. The van der Waals surface area contributed by atoms with E-state index < -0.39 is 6.17 Å². The minimum Gasteiger partial charge on any atom is -0.461 e. The molecule has 1 atom stereocenters. The number of hydrogen-bond acceptors (Lipinski definition) is 2. The van der Waals surface area contributed by atoms with Crippen LogP contribution in [0.5, 0.6) is 0 Å². The van der Waals surface area contributed by atoms with Crippen molar-refractivity contribution in [3.05, 3.63) is 24.0 Å². The van der Waals surface area contributed by atoms with Gasteiger partial charge >= 0.3 is 5.97 Å². The van der Waals surface area contributed by atoms with E-state index in [1.165, 1.54) is 6.92 Å². The Morgan fingerprint density at radius 3 is 3.07 bits per heavy atom. The number of alkyl halides is 1. The number of carbonyl (C=O) groups excluding carboxylic acids is 1. The number of carbonyl (C=O) groups is 1. The molecule has 1 heterocycles. The third-order valence-corrected chi connectivity index (χ3v) is 1.80. The van der Waals surface area contributed by atoms with Crippen molar-refractivity contribution < 1.29 is 13.9 Å². The molecule has 0 saturated carbocycles. The van der Waals surface area contributed by atoms with E-state index in [9.17, 15) is 9.18 Å². The molecule has 0 aromatic carbocycles. The normalized spacial score (nSPS) is 12.4. The fraction of sp³-hybridized carbons (Fsp3) is 0.500. The van der Waals surface area contributed by atoms with E-state index >= 15 is 0 Å². The fourth-order valence-electron chi connectivity index (χ4n) is 1.06. The highest BCUT2D eigenvalue weighted by molar-refractivity contribution is 5.87. The number of rotatable bonds is 5. The van der Waals surface area contributed by atoms with Crippen molar-refractivity contribution in [1.82, 2.24) is 4.98 Å². The fourth-order valence-corrected chi connectivity index (χ4v) is 1.06. The van der Waals surface area contributed by atoms with Gasteiger partial charge in [0.1, 0.15) is 5.69 Å². The van der Waals surface area contributed by atoms with E-state index in [2.05, 4.69) is 4.98 Å². The standard InChI is InChI=1S/C10H14FNO2/c1-8(11)4-3-7-14-10(13)9-5-2-6-12-9/h2,5-6,8,12H,3-4,7H2,1H3. The first-order valence-electron chi connectivity index (χ1n) is 4.64. The number of halogens is 1. The summed E-state index contributed by atoms with van der Waals surface area (Å²) in [5.41, 5.74) is 0.429. The third kappa shape index (κ3) is 3.60. The second-order valence-corrected chi connectivity index (χ2v) is 3.14. The zero-order valence-electron chi connectivity index (χ0n) is 8.13. The van der Waals surface area contributed by atoms with Gasteiger partial charge in [0, 0.05) is 6.20 Å². The molecule has 14 heavy (non-hydrogen) atoms. The zero-order valence-corrected chi connectivity index (χ0v) is 8.13. The van der Waals surface area contributed by atoms with Crippen LogP contribution in [0.4, 0.5) is 4.39 Å². The van der Waals surface area contributed by atoms with Crippen LogP contribution in [0.25, 0.3) is 0 Å². The van der Waals surface area contributed by atoms with Crippen LogP contribution in [0.1, 0.15) is 30.3 Å². The van der Waals surface area contributed by atoms with Gasteiger partial charge in [-0.05, 0) is 31.9 Å². The van der Waals surface area contributed by atoms with E-state index in [1.807, 2.05) is 0 Å². The maximum Gasteiger partial charge on any atom is 0.354 e.